The maximum atomic E-state index is 12.2. The summed E-state index contributed by atoms with van der Waals surface area (Å²) < 4.78 is 7.01. The van der Waals surface area contributed by atoms with Crippen LogP contribution in [0, 0.1) is 6.92 Å². The Bertz CT molecular complexity index is 1020. The Kier molecular flexibility index (Phi) is 2.41. The number of aromatic nitrogens is 3. The molecule has 0 unspecified atom stereocenters. The molecule has 0 aliphatic carbocycles. The first kappa shape index (κ1) is 11.8. The summed E-state index contributed by atoms with van der Waals surface area (Å²) in [5, 5.41) is 8.79. The van der Waals surface area contributed by atoms with Gasteiger partial charge >= 0.3 is 5.63 Å². The summed E-state index contributed by atoms with van der Waals surface area (Å²) in [7, 11) is 0. The van der Waals surface area contributed by atoms with E-state index in [-0.39, 0.29) is 5.63 Å². The highest BCUT2D eigenvalue weighted by molar-refractivity contribution is 5.83. The topological polar surface area (TPSA) is 60.4 Å². The number of hydrogen-bond acceptors (Lipinski definition) is 4. The molecule has 0 bridgehead atoms. The Morgan fingerprint density at radius 3 is 2.71 bits per heavy atom. The fraction of sp³-hybridized carbons (Fsp3) is 0.0625. The SMILES string of the molecule is Cc1ccc2c(c1)c(=O)oc1c(-c3ccccc3)nnn12. The van der Waals surface area contributed by atoms with Gasteiger partial charge in [0.1, 0.15) is 0 Å². The van der Waals surface area contributed by atoms with Crippen LogP contribution in [-0.2, 0) is 0 Å². The summed E-state index contributed by atoms with van der Waals surface area (Å²) in [6.07, 6.45) is 0. The molecule has 2 heterocycles. The van der Waals surface area contributed by atoms with Crippen molar-refractivity contribution in [3.63, 3.8) is 0 Å². The standard InChI is InChI=1S/C16H11N3O2/c1-10-7-8-13-12(9-10)16(20)21-15-14(17-18-19(13)15)11-5-3-2-4-6-11/h2-9H,1H3. The van der Waals surface area contributed by atoms with Gasteiger partial charge in [-0.15, -0.1) is 5.10 Å². The van der Waals surface area contributed by atoms with E-state index < -0.39 is 0 Å². The molecular weight excluding hydrogens is 266 g/mol. The van der Waals surface area contributed by atoms with E-state index in [0.29, 0.717) is 22.3 Å². The molecule has 102 valence electrons. The molecule has 0 spiro atoms. The fourth-order valence-electron chi connectivity index (χ4n) is 2.44. The molecule has 2 aromatic heterocycles. The van der Waals surface area contributed by atoms with Gasteiger partial charge in [-0.25, -0.2) is 4.79 Å². The molecule has 0 aliphatic rings. The van der Waals surface area contributed by atoms with Crippen LogP contribution in [0.3, 0.4) is 0 Å². The number of benzene rings is 2. The third-order valence-electron chi connectivity index (χ3n) is 3.47. The van der Waals surface area contributed by atoms with Crippen LogP contribution in [0.5, 0.6) is 0 Å². The zero-order valence-corrected chi connectivity index (χ0v) is 11.3. The average Bonchev–Trinajstić information content (AvgIpc) is 2.92. The lowest BCUT2D eigenvalue weighted by Crippen LogP contribution is -2.04. The minimum atomic E-state index is -0.374. The van der Waals surface area contributed by atoms with Crippen LogP contribution >= 0.6 is 0 Å². The van der Waals surface area contributed by atoms with E-state index in [0.717, 1.165) is 11.1 Å². The van der Waals surface area contributed by atoms with Crippen molar-refractivity contribution in [1.29, 1.82) is 0 Å². The van der Waals surface area contributed by atoms with E-state index in [1.165, 1.54) is 0 Å². The van der Waals surface area contributed by atoms with Crippen molar-refractivity contribution in [1.82, 2.24) is 14.8 Å². The molecule has 4 rings (SSSR count). The fourth-order valence-corrected chi connectivity index (χ4v) is 2.44. The summed E-state index contributed by atoms with van der Waals surface area (Å²) >= 11 is 0. The van der Waals surface area contributed by atoms with E-state index in [1.54, 1.807) is 10.6 Å². The van der Waals surface area contributed by atoms with Gasteiger partial charge in [0.05, 0.1) is 10.9 Å². The first-order valence-corrected chi connectivity index (χ1v) is 6.58. The molecule has 0 saturated carbocycles. The number of fused-ring (bicyclic) bond motifs is 3. The van der Waals surface area contributed by atoms with Crippen LogP contribution in [0.4, 0.5) is 0 Å². The summed E-state index contributed by atoms with van der Waals surface area (Å²) in [6, 6.07) is 15.1. The van der Waals surface area contributed by atoms with E-state index in [2.05, 4.69) is 10.3 Å². The van der Waals surface area contributed by atoms with Crippen LogP contribution in [0.2, 0.25) is 0 Å². The Balaban J connectivity index is 2.13. The number of nitrogens with zero attached hydrogens (tertiary/aromatic N) is 3. The van der Waals surface area contributed by atoms with Crippen LogP contribution < -0.4 is 5.63 Å². The first-order chi connectivity index (χ1) is 10.2. The molecule has 21 heavy (non-hydrogen) atoms. The monoisotopic (exact) mass is 277 g/mol. The van der Waals surface area contributed by atoms with Crippen molar-refractivity contribution in [2.45, 2.75) is 6.92 Å². The van der Waals surface area contributed by atoms with Crippen LogP contribution in [0.1, 0.15) is 5.56 Å². The zero-order chi connectivity index (χ0) is 14.4. The van der Waals surface area contributed by atoms with Crippen molar-refractivity contribution < 1.29 is 4.42 Å². The third-order valence-corrected chi connectivity index (χ3v) is 3.47. The molecule has 0 atom stereocenters. The van der Waals surface area contributed by atoms with Crippen molar-refractivity contribution in [3.05, 3.63) is 64.5 Å². The summed E-state index contributed by atoms with van der Waals surface area (Å²) in [6.45, 7) is 1.93. The minimum absolute atomic E-state index is 0.363. The number of aryl methyl sites for hydroxylation is 1. The molecule has 0 fully saturated rings. The largest absolute Gasteiger partial charge is 0.401 e. The summed E-state index contributed by atoms with van der Waals surface area (Å²) in [5.74, 6) is 0. The van der Waals surface area contributed by atoms with Gasteiger partial charge in [0, 0.05) is 5.56 Å². The second-order valence-electron chi connectivity index (χ2n) is 4.93. The van der Waals surface area contributed by atoms with Crippen LogP contribution in [0.15, 0.2) is 57.7 Å². The van der Waals surface area contributed by atoms with Gasteiger partial charge in [0.15, 0.2) is 5.69 Å². The molecule has 4 aromatic rings. The first-order valence-electron chi connectivity index (χ1n) is 6.58. The van der Waals surface area contributed by atoms with Gasteiger partial charge in [-0.05, 0) is 19.1 Å². The van der Waals surface area contributed by atoms with Gasteiger partial charge < -0.3 is 4.42 Å². The Hall–Kier alpha value is -2.95. The van der Waals surface area contributed by atoms with Crippen molar-refractivity contribution >= 4 is 16.6 Å². The van der Waals surface area contributed by atoms with Gasteiger partial charge in [0.2, 0.25) is 0 Å². The molecule has 0 saturated heterocycles. The average molecular weight is 277 g/mol. The van der Waals surface area contributed by atoms with Crippen molar-refractivity contribution in [2.75, 3.05) is 0 Å². The number of hydrogen-bond donors (Lipinski definition) is 0. The molecule has 0 N–H and O–H groups in total. The second kappa shape index (κ2) is 4.28. The predicted octanol–water partition coefficient (Wildman–Crippen LogP) is 2.81. The van der Waals surface area contributed by atoms with Gasteiger partial charge in [-0.3, -0.25) is 0 Å². The van der Waals surface area contributed by atoms with Crippen LogP contribution in [-0.4, -0.2) is 14.8 Å². The Morgan fingerprint density at radius 1 is 1.10 bits per heavy atom. The Morgan fingerprint density at radius 2 is 1.90 bits per heavy atom. The van der Waals surface area contributed by atoms with Gasteiger partial charge in [-0.2, -0.15) is 4.52 Å². The van der Waals surface area contributed by atoms with E-state index in [4.69, 9.17) is 4.42 Å². The lowest BCUT2D eigenvalue weighted by molar-refractivity contribution is 0.543. The molecule has 0 aliphatic heterocycles. The molecule has 5 nitrogen and oxygen atoms in total. The molecule has 0 amide bonds. The quantitative estimate of drug-likeness (QED) is 0.537. The van der Waals surface area contributed by atoms with E-state index >= 15 is 0 Å². The van der Waals surface area contributed by atoms with E-state index in [1.807, 2.05) is 49.4 Å². The predicted molar refractivity (Wildman–Crippen MR) is 79.2 cm³/mol. The minimum Gasteiger partial charge on any atom is -0.401 e. The maximum Gasteiger partial charge on any atom is 0.347 e. The summed E-state index contributed by atoms with van der Waals surface area (Å²) in [4.78, 5) is 12.2. The lowest BCUT2D eigenvalue weighted by Gasteiger charge is -2.01. The summed E-state index contributed by atoms with van der Waals surface area (Å²) in [5.41, 5.74) is 3.11. The molecular formula is C16H11N3O2. The highest BCUT2D eigenvalue weighted by atomic mass is 16.4. The lowest BCUT2D eigenvalue weighted by atomic mass is 10.1. The molecule has 2 aromatic carbocycles. The van der Waals surface area contributed by atoms with Gasteiger partial charge in [0.25, 0.3) is 5.71 Å². The molecule has 5 heteroatoms. The third kappa shape index (κ3) is 1.74. The highest BCUT2D eigenvalue weighted by Crippen LogP contribution is 2.23. The van der Waals surface area contributed by atoms with E-state index in [9.17, 15) is 4.79 Å². The van der Waals surface area contributed by atoms with Crippen molar-refractivity contribution in [2.24, 2.45) is 0 Å². The molecule has 0 radical (unpaired) electrons. The highest BCUT2D eigenvalue weighted by Gasteiger charge is 2.15. The van der Waals surface area contributed by atoms with Gasteiger partial charge in [-0.1, -0.05) is 47.2 Å². The van der Waals surface area contributed by atoms with Crippen molar-refractivity contribution in [3.8, 4) is 11.3 Å². The second-order valence-corrected chi connectivity index (χ2v) is 4.93. The van der Waals surface area contributed by atoms with Crippen LogP contribution in [0.25, 0.3) is 27.9 Å². The maximum absolute atomic E-state index is 12.2. The smallest absolute Gasteiger partial charge is 0.347 e. The normalized spacial score (nSPS) is 11.3. The zero-order valence-electron chi connectivity index (χ0n) is 11.3. The Labute approximate surface area is 119 Å². The number of rotatable bonds is 1.